The average molecular weight is 632 g/mol. The lowest BCUT2D eigenvalue weighted by Gasteiger charge is -2.36. The number of benzene rings is 2. The molecular weight excluding hydrogens is 596 g/mol. The number of ether oxygens (including phenoxy) is 1. The second kappa shape index (κ2) is 13.3. The summed E-state index contributed by atoms with van der Waals surface area (Å²) in [6.45, 7) is 7.60. The maximum atomic E-state index is 14.6. The van der Waals surface area contributed by atoms with Crippen molar-refractivity contribution >= 4 is 57.4 Å². The Balaban J connectivity index is 1.62. The summed E-state index contributed by atoms with van der Waals surface area (Å²) in [5, 5.41) is 11.1. The van der Waals surface area contributed by atoms with Crippen molar-refractivity contribution in [2.24, 2.45) is 5.41 Å². The highest BCUT2D eigenvalue weighted by atomic mass is 35.5. The summed E-state index contributed by atoms with van der Waals surface area (Å²) in [6, 6.07) is 3.19. The molecule has 11 nitrogen and oxygen atoms in total. The fourth-order valence-corrected chi connectivity index (χ4v) is 5.10. The van der Waals surface area contributed by atoms with E-state index in [1.807, 2.05) is 20.8 Å². The Morgan fingerprint density at radius 1 is 1.14 bits per heavy atom. The van der Waals surface area contributed by atoms with Crippen molar-refractivity contribution in [3.05, 3.63) is 47.2 Å². The molecule has 2 aromatic carbocycles. The molecule has 0 bridgehead atoms. The number of likely N-dealkylation sites (tertiary alicyclic amines) is 1. The normalized spacial score (nSPS) is 16.4. The largest absolute Gasteiger partial charge is 0.494 e. The number of aromatic nitrogens is 2. The van der Waals surface area contributed by atoms with Crippen LogP contribution >= 0.6 is 11.6 Å². The zero-order valence-electron chi connectivity index (χ0n) is 25.3. The number of anilines is 3. The van der Waals surface area contributed by atoms with E-state index in [0.29, 0.717) is 36.0 Å². The first-order valence-electron chi connectivity index (χ1n) is 14.1. The summed E-state index contributed by atoms with van der Waals surface area (Å²) in [4.78, 5) is 50.1. The number of nitrogens with one attached hydrogen (secondary N) is 4. The molecular formula is C30H36ClF2N7O4. The van der Waals surface area contributed by atoms with Gasteiger partial charge in [-0.05, 0) is 50.4 Å². The van der Waals surface area contributed by atoms with Gasteiger partial charge in [0.25, 0.3) is 0 Å². The van der Waals surface area contributed by atoms with E-state index in [1.54, 1.807) is 26.1 Å². The second-order valence-electron chi connectivity index (χ2n) is 11.6. The summed E-state index contributed by atoms with van der Waals surface area (Å²) < 4.78 is 33.8. The molecule has 44 heavy (non-hydrogen) atoms. The Labute approximate surface area is 259 Å². The lowest BCUT2D eigenvalue weighted by molar-refractivity contribution is -0.143. The quantitative estimate of drug-likeness (QED) is 0.255. The number of likely N-dealkylation sites (N-methyl/N-ethyl adjacent to an activating group) is 1. The number of carbonyl (C=O) groups excluding carboxylic acids is 3. The minimum Gasteiger partial charge on any atom is -0.494 e. The number of nitrogens with zero attached hydrogens (tertiary/aromatic N) is 3. The first-order valence-corrected chi connectivity index (χ1v) is 14.5. The van der Waals surface area contributed by atoms with Crippen LogP contribution in [0.5, 0.6) is 5.75 Å². The highest BCUT2D eigenvalue weighted by molar-refractivity contribution is 6.31. The van der Waals surface area contributed by atoms with Gasteiger partial charge in [-0.2, -0.15) is 0 Å². The first kappa shape index (κ1) is 32.8. The molecule has 0 radical (unpaired) electrons. The van der Waals surface area contributed by atoms with Crippen LogP contribution in [0.2, 0.25) is 5.02 Å². The van der Waals surface area contributed by atoms with E-state index < -0.39 is 46.1 Å². The van der Waals surface area contributed by atoms with E-state index in [1.165, 1.54) is 24.4 Å². The summed E-state index contributed by atoms with van der Waals surface area (Å²) in [7, 11) is 3.09. The van der Waals surface area contributed by atoms with Gasteiger partial charge in [0, 0.05) is 18.0 Å². The molecule has 0 saturated carbocycles. The molecule has 1 saturated heterocycles. The predicted molar refractivity (Wildman–Crippen MR) is 164 cm³/mol. The van der Waals surface area contributed by atoms with Crippen molar-refractivity contribution in [2.75, 3.05) is 31.3 Å². The van der Waals surface area contributed by atoms with Crippen LogP contribution in [-0.2, 0) is 14.4 Å². The summed E-state index contributed by atoms with van der Waals surface area (Å²) >= 11 is 5.74. The van der Waals surface area contributed by atoms with Gasteiger partial charge in [0.05, 0.1) is 30.0 Å². The lowest BCUT2D eigenvalue weighted by Crippen LogP contribution is -2.59. The Morgan fingerprint density at radius 2 is 1.86 bits per heavy atom. The van der Waals surface area contributed by atoms with Gasteiger partial charge in [0.2, 0.25) is 17.7 Å². The molecule has 1 aromatic heterocycles. The SMILES string of the molecule is CN[C@@H](C)C(=O)N[C@H](C(=O)N1CCCC1C(=O)Nc1cc2c(Nc3ccc(F)c(Cl)c3F)ncnc2cc1OC)C(C)(C)C. The molecule has 2 heterocycles. The Hall–Kier alpha value is -4.10. The van der Waals surface area contributed by atoms with E-state index in [9.17, 15) is 23.2 Å². The van der Waals surface area contributed by atoms with Crippen LogP contribution in [0.3, 0.4) is 0 Å². The van der Waals surface area contributed by atoms with Crippen LogP contribution in [-0.4, -0.2) is 71.4 Å². The van der Waals surface area contributed by atoms with E-state index in [0.717, 1.165) is 6.07 Å². The van der Waals surface area contributed by atoms with Crippen LogP contribution < -0.4 is 26.0 Å². The Morgan fingerprint density at radius 3 is 2.52 bits per heavy atom. The standard InChI is InChI=1S/C30H36ClF2N7O4/c1-15(34-5)27(41)39-25(30(2,3)4)29(43)40-11-7-8-21(40)28(42)38-20-12-16-19(13-22(20)44-6)35-14-36-26(16)37-18-10-9-17(32)23(31)24(18)33/h9-10,12-15,21,25,34H,7-8,11H2,1-6H3,(H,38,42)(H,39,41)(H,35,36,37)/t15-,21?,25+/m0/s1. The van der Waals surface area contributed by atoms with Gasteiger partial charge in [-0.25, -0.2) is 18.7 Å². The van der Waals surface area contributed by atoms with Gasteiger partial charge in [-0.1, -0.05) is 32.4 Å². The van der Waals surface area contributed by atoms with Crippen molar-refractivity contribution in [2.45, 2.75) is 58.7 Å². The third kappa shape index (κ3) is 6.83. The van der Waals surface area contributed by atoms with Gasteiger partial charge in [0.1, 0.15) is 40.8 Å². The zero-order chi connectivity index (χ0) is 32.3. The molecule has 1 unspecified atom stereocenters. The number of fused-ring (bicyclic) bond motifs is 1. The zero-order valence-corrected chi connectivity index (χ0v) is 26.1. The highest BCUT2D eigenvalue weighted by Crippen LogP contribution is 2.35. The highest BCUT2D eigenvalue weighted by Gasteiger charge is 2.42. The minimum absolute atomic E-state index is 0.109. The van der Waals surface area contributed by atoms with Crippen LogP contribution in [0.4, 0.5) is 26.0 Å². The smallest absolute Gasteiger partial charge is 0.247 e. The second-order valence-corrected chi connectivity index (χ2v) is 12.0. The lowest BCUT2D eigenvalue weighted by atomic mass is 9.85. The first-order chi connectivity index (χ1) is 20.8. The molecule has 1 fully saturated rings. The van der Waals surface area contributed by atoms with Crippen LogP contribution in [0.25, 0.3) is 10.9 Å². The van der Waals surface area contributed by atoms with Gasteiger partial charge < -0.3 is 30.9 Å². The molecule has 0 spiro atoms. The Kier molecular flexibility index (Phi) is 9.89. The molecule has 4 N–H and O–H groups in total. The molecule has 236 valence electrons. The summed E-state index contributed by atoms with van der Waals surface area (Å²) in [5.41, 5.74) is -0.0442. The van der Waals surface area contributed by atoms with Crippen molar-refractivity contribution in [1.82, 2.24) is 25.5 Å². The molecule has 3 aromatic rings. The number of rotatable bonds is 9. The van der Waals surface area contributed by atoms with Crippen LogP contribution in [0, 0.1) is 17.0 Å². The van der Waals surface area contributed by atoms with Gasteiger partial charge in [0.15, 0.2) is 5.82 Å². The molecule has 1 aliphatic rings. The van der Waals surface area contributed by atoms with Gasteiger partial charge >= 0.3 is 0 Å². The number of hydrogen-bond donors (Lipinski definition) is 4. The van der Waals surface area contributed by atoms with Crippen molar-refractivity contribution in [3.63, 3.8) is 0 Å². The minimum atomic E-state index is -0.989. The number of carbonyl (C=O) groups is 3. The van der Waals surface area contributed by atoms with E-state index in [2.05, 4.69) is 31.2 Å². The number of methoxy groups -OCH3 is 1. The number of halogens is 3. The maximum Gasteiger partial charge on any atom is 0.247 e. The molecule has 3 atom stereocenters. The van der Waals surface area contributed by atoms with Crippen LogP contribution in [0.15, 0.2) is 30.6 Å². The van der Waals surface area contributed by atoms with Crippen molar-refractivity contribution in [1.29, 1.82) is 0 Å². The Bertz CT molecular complexity index is 1580. The maximum absolute atomic E-state index is 14.6. The monoisotopic (exact) mass is 631 g/mol. The van der Waals surface area contributed by atoms with E-state index in [-0.39, 0.29) is 29.0 Å². The van der Waals surface area contributed by atoms with E-state index in [4.69, 9.17) is 16.3 Å². The summed E-state index contributed by atoms with van der Waals surface area (Å²) in [6.07, 6.45) is 2.28. The topological polar surface area (TPSA) is 138 Å². The molecule has 4 rings (SSSR count). The average Bonchev–Trinajstić information content (AvgIpc) is 3.49. The van der Waals surface area contributed by atoms with Gasteiger partial charge in [-0.15, -0.1) is 0 Å². The third-order valence-electron chi connectivity index (χ3n) is 7.57. The third-order valence-corrected chi connectivity index (χ3v) is 7.91. The molecule has 1 aliphatic heterocycles. The summed E-state index contributed by atoms with van der Waals surface area (Å²) in [5.74, 6) is -2.54. The fraction of sp³-hybridized carbons (Fsp3) is 0.433. The molecule has 14 heteroatoms. The number of hydrogen-bond acceptors (Lipinski definition) is 8. The van der Waals surface area contributed by atoms with Crippen LogP contribution in [0.1, 0.15) is 40.5 Å². The van der Waals surface area contributed by atoms with Crippen molar-refractivity contribution in [3.8, 4) is 5.75 Å². The van der Waals surface area contributed by atoms with Crippen molar-refractivity contribution < 1.29 is 27.9 Å². The molecule has 3 amide bonds. The number of amides is 3. The predicted octanol–water partition coefficient (Wildman–Crippen LogP) is 4.38. The molecule has 0 aliphatic carbocycles. The fourth-order valence-electron chi connectivity index (χ4n) is 4.93. The van der Waals surface area contributed by atoms with Gasteiger partial charge in [-0.3, -0.25) is 14.4 Å². The van der Waals surface area contributed by atoms with E-state index >= 15 is 0 Å².